The molecule has 0 amide bonds. The molecule has 204 valence electrons. The van der Waals surface area contributed by atoms with Crippen LogP contribution >= 0.6 is 15.6 Å². The van der Waals surface area contributed by atoms with E-state index < -0.39 is 64.2 Å². The molecule has 0 radical (unpaired) electrons. The number of carbonyl (C=O) groups is 1. The average Bonchev–Trinajstić information content (AvgIpc) is 3.11. The van der Waals surface area contributed by atoms with Gasteiger partial charge < -0.3 is 38.2 Å². The number of hydrogen-bond donors (Lipinski definition) is 2. The zero-order chi connectivity index (χ0) is 27.2. The number of benzene rings is 1. The molecule has 3 rings (SSSR count). The molecule has 16 nitrogen and oxygen atoms in total. The Labute approximate surface area is 208 Å². The number of nitrogens with zero attached hydrogens (tertiary/aromatic N) is 1. The van der Waals surface area contributed by atoms with Crippen molar-refractivity contribution in [3.05, 3.63) is 63.4 Å². The summed E-state index contributed by atoms with van der Waals surface area (Å²) in [4.78, 5) is 61.5. The van der Waals surface area contributed by atoms with Crippen LogP contribution < -0.4 is 25.8 Å². The van der Waals surface area contributed by atoms with Gasteiger partial charge in [0.05, 0.1) is 13.2 Å². The molecule has 1 aromatic carbocycles. The second-order valence-corrected chi connectivity index (χ2v) is 10.4. The first-order chi connectivity index (χ1) is 17.4. The number of nitrogens with one attached hydrogen (secondary N) is 1. The van der Waals surface area contributed by atoms with Gasteiger partial charge in [-0.3, -0.25) is 23.5 Å². The van der Waals surface area contributed by atoms with E-state index in [2.05, 4.69) is 13.4 Å². The molecule has 1 aromatic heterocycles. The van der Waals surface area contributed by atoms with Crippen LogP contribution in [-0.4, -0.2) is 52.3 Å². The largest absolute Gasteiger partial charge is 0.756 e. The first kappa shape index (κ1) is 28.9. The molecule has 6 atom stereocenters. The molecule has 1 aliphatic rings. The van der Waals surface area contributed by atoms with Gasteiger partial charge in [0.25, 0.3) is 21.2 Å². The molecule has 2 heterocycles. The number of rotatable bonds is 11. The summed E-state index contributed by atoms with van der Waals surface area (Å²) in [5.74, 6) is 0.0929. The first-order valence-corrected chi connectivity index (χ1v) is 13.5. The quantitative estimate of drug-likeness (QED) is 0.204. The van der Waals surface area contributed by atoms with Gasteiger partial charge in [-0.1, -0.05) is 25.1 Å². The van der Waals surface area contributed by atoms with Crippen molar-refractivity contribution < 1.29 is 56.4 Å². The number of aliphatic hydroxyl groups excluding tert-OH is 1. The van der Waals surface area contributed by atoms with E-state index >= 15 is 0 Å². The summed E-state index contributed by atoms with van der Waals surface area (Å²) in [7, 11) is -10.8. The van der Waals surface area contributed by atoms with Crippen molar-refractivity contribution in [2.75, 3.05) is 13.2 Å². The fourth-order valence-electron chi connectivity index (χ4n) is 3.09. The monoisotopic (exact) mass is 564 g/mol. The second-order valence-electron chi connectivity index (χ2n) is 7.43. The molecule has 1 saturated heterocycles. The third-order valence-corrected chi connectivity index (χ3v) is 7.23. The van der Waals surface area contributed by atoms with Crippen LogP contribution in [0.4, 0.5) is 4.79 Å². The molecule has 3 unspecified atom stereocenters. The maximum absolute atomic E-state index is 12.3. The van der Waals surface area contributed by atoms with Crippen molar-refractivity contribution in [2.24, 2.45) is 0 Å². The van der Waals surface area contributed by atoms with Gasteiger partial charge in [-0.25, -0.2) is 13.9 Å². The summed E-state index contributed by atoms with van der Waals surface area (Å²) < 4.78 is 52.7. The van der Waals surface area contributed by atoms with Crippen LogP contribution in [0.3, 0.4) is 0 Å². The Bertz CT molecular complexity index is 1280. The van der Waals surface area contributed by atoms with Crippen LogP contribution in [-0.2, 0) is 32.0 Å². The molecule has 0 aliphatic carbocycles. The van der Waals surface area contributed by atoms with E-state index in [1.807, 2.05) is 4.98 Å². The number of aromatic nitrogens is 2. The van der Waals surface area contributed by atoms with Crippen LogP contribution in [0.2, 0.25) is 0 Å². The Balaban J connectivity index is 1.76. The number of ether oxygens (including phenoxy) is 3. The standard InChI is InChI=1S/C19H24N2O14P2/c1-2-10-30-36(26,27)35-37(28,29)31-11-13-15(23)16(34-19(25)32-12-6-4-3-5-7-12)17(33-13)21-9-8-14(22)20-18(21)24/h3-9,13,15-17,23H,2,10-11H2,1H3,(H,26,27)(H,28,29)(H,20,22,24)/p-2/t13-,15+,16?,17-/m1/s1. The van der Waals surface area contributed by atoms with E-state index in [4.69, 9.17) is 14.2 Å². The third-order valence-electron chi connectivity index (χ3n) is 4.67. The fourth-order valence-corrected chi connectivity index (χ4v) is 5.18. The molecule has 18 heteroatoms. The Morgan fingerprint density at radius 2 is 1.81 bits per heavy atom. The number of hydrogen-bond acceptors (Lipinski definition) is 14. The van der Waals surface area contributed by atoms with Crippen LogP contribution in [0.25, 0.3) is 0 Å². The molecule has 1 aliphatic heterocycles. The molecule has 2 N–H and O–H groups in total. The maximum Gasteiger partial charge on any atom is 0.514 e. The molecule has 0 saturated carbocycles. The fraction of sp³-hybridized carbons (Fsp3) is 0.421. The van der Waals surface area contributed by atoms with Gasteiger partial charge >= 0.3 is 11.8 Å². The van der Waals surface area contributed by atoms with Crippen LogP contribution in [0, 0.1) is 0 Å². The van der Waals surface area contributed by atoms with E-state index in [1.54, 1.807) is 25.1 Å². The lowest BCUT2D eigenvalue weighted by Gasteiger charge is -2.31. The zero-order valence-electron chi connectivity index (χ0n) is 19.1. The molecule has 37 heavy (non-hydrogen) atoms. The summed E-state index contributed by atoms with van der Waals surface area (Å²) in [6, 6.07) is 8.63. The van der Waals surface area contributed by atoms with Gasteiger partial charge in [0.1, 0.15) is 18.0 Å². The summed E-state index contributed by atoms with van der Waals surface area (Å²) in [6.07, 6.45) is -6.72. The predicted molar refractivity (Wildman–Crippen MR) is 117 cm³/mol. The number of para-hydroxylation sites is 1. The van der Waals surface area contributed by atoms with Gasteiger partial charge in [0.15, 0.2) is 12.3 Å². The van der Waals surface area contributed by atoms with Gasteiger partial charge in [0, 0.05) is 12.3 Å². The smallest absolute Gasteiger partial charge is 0.514 e. The lowest BCUT2D eigenvalue weighted by atomic mass is 10.1. The Morgan fingerprint density at radius 1 is 1.14 bits per heavy atom. The van der Waals surface area contributed by atoms with Gasteiger partial charge in [-0.2, -0.15) is 0 Å². The van der Waals surface area contributed by atoms with E-state index in [1.165, 1.54) is 12.1 Å². The Kier molecular flexibility index (Phi) is 9.58. The van der Waals surface area contributed by atoms with Crippen molar-refractivity contribution in [1.29, 1.82) is 0 Å². The number of H-pyrrole nitrogens is 1. The van der Waals surface area contributed by atoms with E-state index in [0.717, 1.165) is 16.8 Å². The normalized spacial score (nSPS) is 24.6. The minimum absolute atomic E-state index is 0.0929. The highest BCUT2D eigenvalue weighted by molar-refractivity contribution is 7.59. The van der Waals surface area contributed by atoms with Crippen molar-refractivity contribution >= 4 is 21.8 Å². The molecular weight excluding hydrogens is 542 g/mol. The molecule has 0 spiro atoms. The summed E-state index contributed by atoms with van der Waals surface area (Å²) in [5.41, 5.74) is -1.76. The number of phosphoric acid groups is 2. The Hall–Kier alpha value is -2.65. The van der Waals surface area contributed by atoms with Crippen LogP contribution in [0.5, 0.6) is 5.75 Å². The topological polar surface area (TPSA) is 228 Å². The molecule has 0 bridgehead atoms. The van der Waals surface area contributed by atoms with Crippen molar-refractivity contribution in [3.63, 3.8) is 0 Å². The minimum Gasteiger partial charge on any atom is -0.756 e. The Morgan fingerprint density at radius 3 is 2.46 bits per heavy atom. The second kappa shape index (κ2) is 12.3. The SMILES string of the molecule is CCCOP(=O)([O-])OP(=O)([O-])OC[C@H]1O[C@@H](n2ccc(=O)[nH]c2=O)C(OC(=O)Oc2ccccc2)[C@H]1O. The average molecular weight is 564 g/mol. The van der Waals surface area contributed by atoms with E-state index in [-0.39, 0.29) is 18.8 Å². The highest BCUT2D eigenvalue weighted by Crippen LogP contribution is 2.55. The van der Waals surface area contributed by atoms with E-state index in [9.17, 15) is 38.4 Å². The number of aliphatic hydroxyl groups is 1. The van der Waals surface area contributed by atoms with Crippen LogP contribution in [0.15, 0.2) is 52.2 Å². The van der Waals surface area contributed by atoms with Crippen LogP contribution in [0.1, 0.15) is 19.6 Å². The maximum atomic E-state index is 12.3. The van der Waals surface area contributed by atoms with Gasteiger partial charge in [-0.05, 0) is 18.6 Å². The summed E-state index contributed by atoms with van der Waals surface area (Å²) in [6.45, 7) is 0.223. The van der Waals surface area contributed by atoms with Crippen molar-refractivity contribution in [3.8, 4) is 5.75 Å². The first-order valence-electron chi connectivity index (χ1n) is 10.6. The minimum atomic E-state index is -5.52. The van der Waals surface area contributed by atoms with Gasteiger partial charge in [0.2, 0.25) is 0 Å². The van der Waals surface area contributed by atoms with Crippen molar-refractivity contribution in [1.82, 2.24) is 9.55 Å². The third kappa shape index (κ3) is 8.17. The number of aromatic amines is 1. The summed E-state index contributed by atoms with van der Waals surface area (Å²) >= 11 is 0. The van der Waals surface area contributed by atoms with E-state index in [0.29, 0.717) is 0 Å². The lowest BCUT2D eigenvalue weighted by molar-refractivity contribution is -0.245. The van der Waals surface area contributed by atoms with Crippen molar-refractivity contribution in [2.45, 2.75) is 37.9 Å². The highest BCUT2D eigenvalue weighted by Gasteiger charge is 2.48. The van der Waals surface area contributed by atoms with Gasteiger partial charge in [-0.15, -0.1) is 0 Å². The molecule has 1 fully saturated rings. The highest BCUT2D eigenvalue weighted by atomic mass is 31.3. The predicted octanol–water partition coefficient (Wildman–Crippen LogP) is -0.224. The molecule has 2 aromatic rings. The molecular formula is C19H22N2O14P2-2. The number of carbonyl (C=O) groups excluding carboxylic acids is 1. The zero-order valence-corrected chi connectivity index (χ0v) is 20.9. The lowest BCUT2D eigenvalue weighted by Crippen LogP contribution is -2.41. The number of phosphoric ester groups is 2. The summed E-state index contributed by atoms with van der Waals surface area (Å²) in [5, 5.41) is 10.7.